The lowest BCUT2D eigenvalue weighted by molar-refractivity contribution is 0.0488. The highest BCUT2D eigenvalue weighted by Crippen LogP contribution is 2.29. The SMILES string of the molecule is COc1ccc2c(c1)CCC(N(CCCCOC(=O)c1ccc(OC)c(OC)c1)C(C)C)C2.Cl. The zero-order valence-corrected chi connectivity index (χ0v) is 21.8. The van der Waals surface area contributed by atoms with E-state index in [1.165, 1.54) is 11.1 Å². The van der Waals surface area contributed by atoms with E-state index in [4.69, 9.17) is 18.9 Å². The van der Waals surface area contributed by atoms with Crippen molar-refractivity contribution in [2.75, 3.05) is 34.5 Å². The highest BCUT2D eigenvalue weighted by Gasteiger charge is 2.26. The van der Waals surface area contributed by atoms with E-state index in [2.05, 4.69) is 36.9 Å². The predicted octanol–water partition coefficient (Wildman–Crippen LogP) is 5.34. The summed E-state index contributed by atoms with van der Waals surface area (Å²) in [4.78, 5) is 15.0. The van der Waals surface area contributed by atoms with Gasteiger partial charge in [-0.3, -0.25) is 4.90 Å². The van der Waals surface area contributed by atoms with Crippen molar-refractivity contribution in [3.8, 4) is 17.2 Å². The molecule has 1 unspecified atom stereocenters. The van der Waals surface area contributed by atoms with Gasteiger partial charge in [-0.05, 0) is 94.0 Å². The fourth-order valence-corrected chi connectivity index (χ4v) is 4.59. The van der Waals surface area contributed by atoms with Crippen molar-refractivity contribution in [2.45, 2.75) is 58.0 Å². The van der Waals surface area contributed by atoms with Gasteiger partial charge < -0.3 is 18.9 Å². The molecule has 0 heterocycles. The van der Waals surface area contributed by atoms with Crippen molar-refractivity contribution in [1.29, 1.82) is 0 Å². The molecular formula is C27H38ClNO5. The average molecular weight is 492 g/mol. The Labute approximate surface area is 209 Å². The molecule has 0 aromatic heterocycles. The van der Waals surface area contributed by atoms with E-state index in [0.717, 1.165) is 44.4 Å². The number of rotatable bonds is 11. The van der Waals surface area contributed by atoms with E-state index in [9.17, 15) is 4.79 Å². The second-order valence-corrected chi connectivity index (χ2v) is 8.78. The Balaban J connectivity index is 0.00000408. The normalized spacial score (nSPS) is 14.9. The first kappa shape index (κ1) is 27.8. The monoisotopic (exact) mass is 491 g/mol. The number of benzene rings is 2. The average Bonchev–Trinajstić information content (AvgIpc) is 2.84. The lowest BCUT2D eigenvalue weighted by Crippen LogP contribution is -2.44. The molecule has 3 rings (SSSR count). The van der Waals surface area contributed by atoms with E-state index >= 15 is 0 Å². The molecule has 0 bridgehead atoms. The topological polar surface area (TPSA) is 57.2 Å². The second-order valence-electron chi connectivity index (χ2n) is 8.78. The first-order valence-corrected chi connectivity index (χ1v) is 11.8. The van der Waals surface area contributed by atoms with Gasteiger partial charge in [0.25, 0.3) is 0 Å². The van der Waals surface area contributed by atoms with Gasteiger partial charge in [-0.2, -0.15) is 0 Å². The summed E-state index contributed by atoms with van der Waals surface area (Å²) in [5, 5.41) is 0. The lowest BCUT2D eigenvalue weighted by Gasteiger charge is -2.38. The van der Waals surface area contributed by atoms with E-state index in [0.29, 0.717) is 35.8 Å². The molecule has 7 heteroatoms. The van der Waals surface area contributed by atoms with Crippen LogP contribution in [0.5, 0.6) is 17.2 Å². The van der Waals surface area contributed by atoms with Gasteiger partial charge in [0.05, 0.1) is 33.5 Å². The number of carbonyl (C=O) groups excluding carboxylic acids is 1. The van der Waals surface area contributed by atoms with Crippen molar-refractivity contribution in [2.24, 2.45) is 0 Å². The summed E-state index contributed by atoms with van der Waals surface area (Å²) in [6, 6.07) is 12.5. The number of nitrogens with zero attached hydrogens (tertiary/aromatic N) is 1. The minimum atomic E-state index is -0.337. The molecule has 0 radical (unpaired) electrons. The molecule has 1 aliphatic rings. The van der Waals surface area contributed by atoms with Crippen LogP contribution in [0.1, 0.15) is 54.6 Å². The number of hydrogen-bond acceptors (Lipinski definition) is 6. The molecule has 2 aromatic rings. The summed E-state index contributed by atoms with van der Waals surface area (Å²) in [5.41, 5.74) is 3.31. The Morgan fingerprint density at radius 3 is 2.41 bits per heavy atom. The molecule has 0 spiro atoms. The largest absolute Gasteiger partial charge is 0.497 e. The van der Waals surface area contributed by atoms with Crippen LogP contribution in [-0.2, 0) is 17.6 Å². The van der Waals surface area contributed by atoms with Crippen molar-refractivity contribution < 1.29 is 23.7 Å². The van der Waals surface area contributed by atoms with Gasteiger partial charge in [-0.15, -0.1) is 12.4 Å². The van der Waals surface area contributed by atoms with E-state index in [1.807, 2.05) is 0 Å². The number of methoxy groups -OCH3 is 3. The molecule has 0 aliphatic heterocycles. The zero-order valence-electron chi connectivity index (χ0n) is 21.0. The summed E-state index contributed by atoms with van der Waals surface area (Å²) in [7, 11) is 4.84. The summed E-state index contributed by atoms with van der Waals surface area (Å²) in [6.45, 7) is 5.94. The summed E-state index contributed by atoms with van der Waals surface area (Å²) >= 11 is 0. The van der Waals surface area contributed by atoms with E-state index in [1.54, 1.807) is 39.5 Å². The fourth-order valence-electron chi connectivity index (χ4n) is 4.59. The molecule has 0 saturated carbocycles. The molecule has 0 saturated heterocycles. The molecular weight excluding hydrogens is 454 g/mol. The lowest BCUT2D eigenvalue weighted by atomic mass is 9.86. The van der Waals surface area contributed by atoms with Crippen LogP contribution in [0.25, 0.3) is 0 Å². The smallest absolute Gasteiger partial charge is 0.338 e. The Kier molecular flexibility index (Phi) is 11.0. The molecule has 6 nitrogen and oxygen atoms in total. The molecule has 1 atom stereocenters. The van der Waals surface area contributed by atoms with Crippen LogP contribution in [0.2, 0.25) is 0 Å². The van der Waals surface area contributed by atoms with Crippen molar-refractivity contribution in [3.05, 3.63) is 53.1 Å². The third-order valence-corrected chi connectivity index (χ3v) is 6.41. The minimum absolute atomic E-state index is 0. The first-order chi connectivity index (χ1) is 16.0. The number of carbonyl (C=O) groups is 1. The maximum Gasteiger partial charge on any atom is 0.338 e. The van der Waals surface area contributed by atoms with Crippen LogP contribution < -0.4 is 14.2 Å². The standard InChI is InChI=1S/C27H37NO5.ClH/c1-19(2)28(23-11-8-21-17-24(30-3)12-9-20(21)16-23)14-6-7-15-33-27(29)22-10-13-25(31-4)26(18-22)32-5;/h9-10,12-13,17-19,23H,6-8,11,14-16H2,1-5H3;1H. The highest BCUT2D eigenvalue weighted by atomic mass is 35.5. The van der Waals surface area contributed by atoms with Crippen molar-refractivity contribution in [3.63, 3.8) is 0 Å². The zero-order chi connectivity index (χ0) is 23.8. The number of unbranched alkanes of at least 4 members (excludes halogenated alkanes) is 1. The Bertz CT molecular complexity index is 933. The maximum absolute atomic E-state index is 12.4. The van der Waals surface area contributed by atoms with Crippen LogP contribution in [0, 0.1) is 0 Å². The number of hydrogen-bond donors (Lipinski definition) is 0. The third kappa shape index (κ3) is 7.03. The number of fused-ring (bicyclic) bond motifs is 1. The van der Waals surface area contributed by atoms with Gasteiger partial charge in [-0.25, -0.2) is 4.79 Å². The van der Waals surface area contributed by atoms with Gasteiger partial charge in [-0.1, -0.05) is 6.07 Å². The minimum Gasteiger partial charge on any atom is -0.497 e. The summed E-state index contributed by atoms with van der Waals surface area (Å²) in [6.07, 6.45) is 5.15. The number of halogens is 1. The van der Waals surface area contributed by atoms with Gasteiger partial charge in [0.15, 0.2) is 11.5 Å². The third-order valence-electron chi connectivity index (χ3n) is 6.41. The Hall–Kier alpha value is -2.44. The van der Waals surface area contributed by atoms with E-state index < -0.39 is 0 Å². The van der Waals surface area contributed by atoms with Crippen LogP contribution in [-0.4, -0.2) is 57.4 Å². The maximum atomic E-state index is 12.4. The van der Waals surface area contributed by atoms with Crippen LogP contribution in [0.3, 0.4) is 0 Å². The summed E-state index contributed by atoms with van der Waals surface area (Å²) < 4.78 is 21.4. The van der Waals surface area contributed by atoms with Crippen molar-refractivity contribution >= 4 is 18.4 Å². The van der Waals surface area contributed by atoms with Gasteiger partial charge in [0.2, 0.25) is 0 Å². The molecule has 1 aliphatic carbocycles. The second kappa shape index (κ2) is 13.4. The van der Waals surface area contributed by atoms with E-state index in [-0.39, 0.29) is 18.4 Å². The molecule has 188 valence electrons. The van der Waals surface area contributed by atoms with Gasteiger partial charge in [0.1, 0.15) is 5.75 Å². The number of aryl methyl sites for hydroxylation is 1. The van der Waals surface area contributed by atoms with Crippen LogP contribution in [0.15, 0.2) is 36.4 Å². The number of esters is 1. The molecule has 0 N–H and O–H groups in total. The molecule has 0 fully saturated rings. The molecule has 34 heavy (non-hydrogen) atoms. The van der Waals surface area contributed by atoms with Crippen LogP contribution >= 0.6 is 12.4 Å². The van der Waals surface area contributed by atoms with Crippen LogP contribution in [0.4, 0.5) is 0 Å². The Morgan fingerprint density at radius 2 is 1.74 bits per heavy atom. The van der Waals surface area contributed by atoms with Gasteiger partial charge in [0, 0.05) is 12.1 Å². The first-order valence-electron chi connectivity index (χ1n) is 11.8. The fraction of sp³-hybridized carbons (Fsp3) is 0.519. The molecule has 0 amide bonds. The Morgan fingerprint density at radius 1 is 0.971 bits per heavy atom. The number of ether oxygens (including phenoxy) is 4. The summed E-state index contributed by atoms with van der Waals surface area (Å²) in [5.74, 6) is 1.71. The molecule has 2 aromatic carbocycles. The van der Waals surface area contributed by atoms with Gasteiger partial charge >= 0.3 is 5.97 Å². The predicted molar refractivity (Wildman–Crippen MR) is 137 cm³/mol. The van der Waals surface area contributed by atoms with Crippen molar-refractivity contribution in [1.82, 2.24) is 4.90 Å². The highest BCUT2D eigenvalue weighted by molar-refractivity contribution is 5.90. The quantitative estimate of drug-likeness (QED) is 0.312.